The van der Waals surface area contributed by atoms with Crippen LogP contribution in [0.2, 0.25) is 0 Å². The molecule has 1 heterocycles. The van der Waals surface area contributed by atoms with Crippen molar-refractivity contribution in [2.45, 2.75) is 25.9 Å². The minimum Gasteiger partial charge on any atom is -0.383 e. The van der Waals surface area contributed by atoms with E-state index < -0.39 is 0 Å². The van der Waals surface area contributed by atoms with Gasteiger partial charge in [0.2, 0.25) is 0 Å². The molecule has 2 rings (SSSR count). The lowest BCUT2D eigenvalue weighted by Crippen LogP contribution is -2.17. The van der Waals surface area contributed by atoms with Gasteiger partial charge in [-0.3, -0.25) is 0 Å². The second-order valence-corrected chi connectivity index (χ2v) is 4.58. The molecule has 0 saturated carbocycles. The van der Waals surface area contributed by atoms with Crippen molar-refractivity contribution in [1.82, 2.24) is 4.57 Å². The molecule has 1 unspecified atom stereocenters. The largest absolute Gasteiger partial charge is 0.383 e. The van der Waals surface area contributed by atoms with Gasteiger partial charge in [0, 0.05) is 31.4 Å². The van der Waals surface area contributed by atoms with Crippen LogP contribution < -0.4 is 5.73 Å². The molecule has 17 heavy (non-hydrogen) atoms. The molecule has 1 aromatic carbocycles. The zero-order valence-corrected chi connectivity index (χ0v) is 10.5. The lowest BCUT2D eigenvalue weighted by atomic mass is 10.1. The summed E-state index contributed by atoms with van der Waals surface area (Å²) in [6, 6.07) is 8.91. The molecule has 0 aliphatic rings. The summed E-state index contributed by atoms with van der Waals surface area (Å²) in [4.78, 5) is 0. The van der Waals surface area contributed by atoms with Crippen molar-refractivity contribution >= 4 is 10.9 Å². The van der Waals surface area contributed by atoms with Gasteiger partial charge in [0.25, 0.3) is 0 Å². The van der Waals surface area contributed by atoms with Gasteiger partial charge in [-0.15, -0.1) is 0 Å². The smallest absolute Gasteiger partial charge is 0.0641 e. The molecule has 0 fully saturated rings. The van der Waals surface area contributed by atoms with Crippen LogP contribution in [-0.2, 0) is 17.7 Å². The minimum absolute atomic E-state index is 0.211. The summed E-state index contributed by atoms with van der Waals surface area (Å²) in [5.41, 5.74) is 8.38. The predicted molar refractivity (Wildman–Crippen MR) is 71.2 cm³/mol. The first-order valence-electron chi connectivity index (χ1n) is 6.03. The van der Waals surface area contributed by atoms with Gasteiger partial charge in [-0.25, -0.2) is 0 Å². The first kappa shape index (κ1) is 12.1. The summed E-state index contributed by atoms with van der Waals surface area (Å²) in [5, 5.41) is 1.28. The topological polar surface area (TPSA) is 40.2 Å². The van der Waals surface area contributed by atoms with E-state index in [4.69, 9.17) is 10.5 Å². The number of ether oxygens (including phenoxy) is 1. The molecule has 92 valence electrons. The van der Waals surface area contributed by atoms with Crippen LogP contribution in [0.5, 0.6) is 0 Å². The number of benzene rings is 1. The zero-order chi connectivity index (χ0) is 12.3. The van der Waals surface area contributed by atoms with Crippen molar-refractivity contribution in [3.63, 3.8) is 0 Å². The quantitative estimate of drug-likeness (QED) is 0.858. The number of hydrogen-bond donors (Lipinski definition) is 1. The second kappa shape index (κ2) is 5.34. The highest BCUT2D eigenvalue weighted by atomic mass is 16.5. The molecule has 0 saturated heterocycles. The molecule has 2 N–H and O–H groups in total. The van der Waals surface area contributed by atoms with Crippen molar-refractivity contribution in [3.8, 4) is 0 Å². The van der Waals surface area contributed by atoms with Crippen LogP contribution in [0.3, 0.4) is 0 Å². The van der Waals surface area contributed by atoms with Gasteiger partial charge in [-0.2, -0.15) is 0 Å². The van der Waals surface area contributed by atoms with Crippen LogP contribution in [0.4, 0.5) is 0 Å². The van der Waals surface area contributed by atoms with Crippen molar-refractivity contribution in [1.29, 1.82) is 0 Å². The molecule has 1 atom stereocenters. The van der Waals surface area contributed by atoms with Crippen molar-refractivity contribution in [2.75, 3.05) is 13.7 Å². The molecule has 0 aliphatic carbocycles. The molecule has 0 radical (unpaired) electrons. The zero-order valence-electron chi connectivity index (χ0n) is 10.5. The van der Waals surface area contributed by atoms with Gasteiger partial charge in [0.15, 0.2) is 0 Å². The summed E-state index contributed by atoms with van der Waals surface area (Å²) in [6.07, 6.45) is 3.04. The summed E-state index contributed by atoms with van der Waals surface area (Å²) >= 11 is 0. The number of fused-ring (bicyclic) bond motifs is 1. The van der Waals surface area contributed by atoms with Crippen LogP contribution in [0.1, 0.15) is 12.5 Å². The maximum Gasteiger partial charge on any atom is 0.0641 e. The maximum atomic E-state index is 5.82. The van der Waals surface area contributed by atoms with E-state index in [1.807, 2.05) is 6.92 Å². The number of rotatable bonds is 5. The molecule has 0 bridgehead atoms. The van der Waals surface area contributed by atoms with E-state index >= 15 is 0 Å². The van der Waals surface area contributed by atoms with Crippen molar-refractivity contribution < 1.29 is 4.74 Å². The molecule has 0 aliphatic heterocycles. The van der Waals surface area contributed by atoms with E-state index in [9.17, 15) is 0 Å². The summed E-state index contributed by atoms with van der Waals surface area (Å²) in [5.74, 6) is 0. The maximum absolute atomic E-state index is 5.82. The Morgan fingerprint density at radius 3 is 2.88 bits per heavy atom. The SMILES string of the molecule is COCCn1ccc2cc(CC(C)N)ccc21. The van der Waals surface area contributed by atoms with Crippen LogP contribution >= 0.6 is 0 Å². The first-order chi connectivity index (χ1) is 8.20. The molecule has 0 amide bonds. The fourth-order valence-electron chi connectivity index (χ4n) is 2.13. The molecular formula is C14H20N2O. The van der Waals surface area contributed by atoms with Crippen LogP contribution in [0, 0.1) is 0 Å². The number of nitrogens with zero attached hydrogens (tertiary/aromatic N) is 1. The number of aromatic nitrogens is 1. The second-order valence-electron chi connectivity index (χ2n) is 4.58. The van der Waals surface area contributed by atoms with Gasteiger partial charge in [-0.1, -0.05) is 6.07 Å². The number of methoxy groups -OCH3 is 1. The lowest BCUT2D eigenvalue weighted by molar-refractivity contribution is 0.188. The lowest BCUT2D eigenvalue weighted by Gasteiger charge is -2.07. The highest BCUT2D eigenvalue weighted by Gasteiger charge is 2.03. The van der Waals surface area contributed by atoms with Gasteiger partial charge < -0.3 is 15.0 Å². The third-order valence-electron chi connectivity index (χ3n) is 2.93. The van der Waals surface area contributed by atoms with Gasteiger partial charge >= 0.3 is 0 Å². The third-order valence-corrected chi connectivity index (χ3v) is 2.93. The predicted octanol–water partition coefficient (Wildman–Crippen LogP) is 2.18. The Bertz CT molecular complexity index is 488. The summed E-state index contributed by atoms with van der Waals surface area (Å²) < 4.78 is 7.32. The molecule has 0 spiro atoms. The van der Waals surface area contributed by atoms with Crippen molar-refractivity contribution in [2.24, 2.45) is 5.73 Å². The van der Waals surface area contributed by atoms with E-state index in [0.717, 1.165) is 19.6 Å². The first-order valence-corrected chi connectivity index (χ1v) is 6.03. The number of nitrogens with two attached hydrogens (primary N) is 1. The Hall–Kier alpha value is -1.32. The van der Waals surface area contributed by atoms with Crippen LogP contribution in [0.15, 0.2) is 30.5 Å². The molecule has 1 aromatic heterocycles. The van der Waals surface area contributed by atoms with Gasteiger partial charge in [0.05, 0.1) is 6.61 Å². The molecule has 2 aromatic rings. The van der Waals surface area contributed by atoms with Crippen LogP contribution in [-0.4, -0.2) is 24.3 Å². The Kier molecular flexibility index (Phi) is 3.82. The third kappa shape index (κ3) is 2.87. The Morgan fingerprint density at radius 1 is 1.35 bits per heavy atom. The average molecular weight is 232 g/mol. The van der Waals surface area contributed by atoms with Crippen LogP contribution in [0.25, 0.3) is 10.9 Å². The minimum atomic E-state index is 0.211. The Morgan fingerprint density at radius 2 is 2.18 bits per heavy atom. The van der Waals surface area contributed by atoms with E-state index in [0.29, 0.717) is 0 Å². The molecule has 3 heteroatoms. The van der Waals surface area contributed by atoms with Gasteiger partial charge in [-0.05, 0) is 42.5 Å². The van der Waals surface area contributed by atoms with E-state index in [1.54, 1.807) is 7.11 Å². The van der Waals surface area contributed by atoms with E-state index in [1.165, 1.54) is 16.5 Å². The highest BCUT2D eigenvalue weighted by molar-refractivity contribution is 5.80. The Labute approximate surface area is 102 Å². The molecular weight excluding hydrogens is 212 g/mol. The fourth-order valence-corrected chi connectivity index (χ4v) is 2.13. The Balaban J connectivity index is 2.25. The van der Waals surface area contributed by atoms with E-state index in [2.05, 4.69) is 35.0 Å². The monoisotopic (exact) mass is 232 g/mol. The molecule has 3 nitrogen and oxygen atoms in total. The number of hydrogen-bond acceptors (Lipinski definition) is 2. The van der Waals surface area contributed by atoms with Crippen molar-refractivity contribution in [3.05, 3.63) is 36.0 Å². The normalized spacial score (nSPS) is 13.1. The average Bonchev–Trinajstić information content (AvgIpc) is 2.68. The van der Waals surface area contributed by atoms with E-state index in [-0.39, 0.29) is 6.04 Å². The highest BCUT2D eigenvalue weighted by Crippen LogP contribution is 2.18. The van der Waals surface area contributed by atoms with Gasteiger partial charge in [0.1, 0.15) is 0 Å². The summed E-state index contributed by atoms with van der Waals surface area (Å²) in [6.45, 7) is 3.67. The fraction of sp³-hybridized carbons (Fsp3) is 0.429. The summed E-state index contributed by atoms with van der Waals surface area (Å²) in [7, 11) is 1.73. The standard InChI is InChI=1S/C14H20N2O/c1-11(15)9-12-3-4-14-13(10-12)5-6-16(14)7-8-17-2/h3-6,10-11H,7-9,15H2,1-2H3.